The molecule has 1 atom stereocenters. The summed E-state index contributed by atoms with van der Waals surface area (Å²) >= 11 is 0. The Hall–Kier alpha value is -0.810. The minimum absolute atomic E-state index is 0.651. The van der Waals surface area contributed by atoms with E-state index in [0.29, 0.717) is 6.04 Å². The lowest BCUT2D eigenvalue weighted by Gasteiger charge is -2.47. The van der Waals surface area contributed by atoms with Gasteiger partial charge in [-0.25, -0.2) is 0 Å². The lowest BCUT2D eigenvalue weighted by Crippen LogP contribution is -2.63. The molecule has 0 aromatic rings. The Bertz CT molecular complexity index is 258. The zero-order chi connectivity index (χ0) is 12.1. The molecule has 3 saturated heterocycles. The van der Waals surface area contributed by atoms with Gasteiger partial charge in [0, 0.05) is 58.9 Å². The molecule has 0 aromatic heterocycles. The van der Waals surface area contributed by atoms with E-state index in [4.69, 9.17) is 0 Å². The highest BCUT2D eigenvalue weighted by atomic mass is 15.4. The molecule has 3 aliphatic heterocycles. The van der Waals surface area contributed by atoms with E-state index < -0.39 is 0 Å². The third-order valence-corrected chi connectivity index (χ3v) is 3.66. The summed E-state index contributed by atoms with van der Waals surface area (Å²) in [6.45, 7) is 10.3. The normalized spacial score (nSPS) is 32.6. The molecule has 5 nitrogen and oxygen atoms in total. The number of aliphatic imine (C=N–C) groups is 1. The molecule has 2 N–H and O–H groups in total. The lowest BCUT2D eigenvalue weighted by atomic mass is 10.1. The van der Waals surface area contributed by atoms with Crippen LogP contribution in [0.5, 0.6) is 0 Å². The third kappa shape index (κ3) is 3.33. The van der Waals surface area contributed by atoms with Gasteiger partial charge in [0.1, 0.15) is 0 Å². The van der Waals surface area contributed by atoms with Crippen LogP contribution in [-0.4, -0.2) is 74.7 Å². The van der Waals surface area contributed by atoms with E-state index >= 15 is 0 Å². The number of nitrogens with zero attached hydrogens (tertiary/aromatic N) is 3. The molecule has 0 amide bonds. The van der Waals surface area contributed by atoms with Crippen LogP contribution >= 0.6 is 0 Å². The van der Waals surface area contributed by atoms with Gasteiger partial charge in [-0.1, -0.05) is 6.92 Å². The molecule has 0 radical (unpaired) electrons. The van der Waals surface area contributed by atoms with Crippen molar-refractivity contribution in [1.82, 2.24) is 20.4 Å². The highest BCUT2D eigenvalue weighted by molar-refractivity contribution is 5.79. The number of piperazine rings is 3. The van der Waals surface area contributed by atoms with Crippen molar-refractivity contribution in [3.8, 4) is 0 Å². The van der Waals surface area contributed by atoms with Gasteiger partial charge in [-0.2, -0.15) is 0 Å². The molecule has 5 heteroatoms. The highest BCUT2D eigenvalue weighted by Crippen LogP contribution is 2.14. The van der Waals surface area contributed by atoms with Crippen molar-refractivity contribution in [2.45, 2.75) is 19.4 Å². The number of nitrogens with one attached hydrogen (secondary N) is 2. The van der Waals surface area contributed by atoms with Crippen LogP contribution in [0.15, 0.2) is 4.99 Å². The fraction of sp³-hybridized carbons (Fsp3) is 0.917. The Labute approximate surface area is 104 Å². The van der Waals surface area contributed by atoms with Crippen LogP contribution in [0.4, 0.5) is 0 Å². The molecule has 0 aromatic carbocycles. The second kappa shape index (κ2) is 6.21. The minimum Gasteiger partial charge on any atom is -0.356 e. The molecule has 3 aliphatic rings. The van der Waals surface area contributed by atoms with Crippen LogP contribution in [0.2, 0.25) is 0 Å². The van der Waals surface area contributed by atoms with Crippen LogP contribution in [0.1, 0.15) is 13.3 Å². The van der Waals surface area contributed by atoms with E-state index in [1.807, 2.05) is 7.05 Å². The Morgan fingerprint density at radius 2 is 2.00 bits per heavy atom. The van der Waals surface area contributed by atoms with Crippen LogP contribution in [0.3, 0.4) is 0 Å². The molecule has 3 fully saturated rings. The maximum Gasteiger partial charge on any atom is 0.191 e. The van der Waals surface area contributed by atoms with Gasteiger partial charge in [-0.15, -0.1) is 0 Å². The maximum absolute atomic E-state index is 4.23. The molecule has 0 aliphatic carbocycles. The number of fused-ring (bicyclic) bond motifs is 3. The van der Waals surface area contributed by atoms with Crippen molar-refractivity contribution in [2.24, 2.45) is 4.99 Å². The topological polar surface area (TPSA) is 42.9 Å². The van der Waals surface area contributed by atoms with E-state index in [-0.39, 0.29) is 0 Å². The molecule has 1 unspecified atom stereocenters. The predicted molar refractivity (Wildman–Crippen MR) is 71.5 cm³/mol. The monoisotopic (exact) mass is 239 g/mol. The van der Waals surface area contributed by atoms with E-state index in [9.17, 15) is 0 Å². The Morgan fingerprint density at radius 3 is 2.53 bits per heavy atom. The molecular formula is C12H25N5. The smallest absolute Gasteiger partial charge is 0.191 e. The zero-order valence-electron chi connectivity index (χ0n) is 11.1. The van der Waals surface area contributed by atoms with Crippen LogP contribution < -0.4 is 10.6 Å². The summed E-state index contributed by atoms with van der Waals surface area (Å²) < 4.78 is 0. The minimum atomic E-state index is 0.651. The second-order valence-corrected chi connectivity index (χ2v) is 4.87. The molecular weight excluding hydrogens is 214 g/mol. The molecule has 3 rings (SSSR count). The van der Waals surface area contributed by atoms with Crippen molar-refractivity contribution in [1.29, 1.82) is 0 Å². The molecule has 17 heavy (non-hydrogen) atoms. The molecule has 0 spiro atoms. The second-order valence-electron chi connectivity index (χ2n) is 4.87. The van der Waals surface area contributed by atoms with E-state index in [1.54, 1.807) is 0 Å². The van der Waals surface area contributed by atoms with Gasteiger partial charge in [0.15, 0.2) is 5.96 Å². The first kappa shape index (κ1) is 12.6. The Kier molecular flexibility index (Phi) is 4.62. The first-order chi connectivity index (χ1) is 8.33. The summed E-state index contributed by atoms with van der Waals surface area (Å²) in [5, 5.41) is 6.74. The molecule has 0 saturated carbocycles. The van der Waals surface area contributed by atoms with Gasteiger partial charge < -0.3 is 10.6 Å². The first-order valence-electron chi connectivity index (χ1n) is 6.74. The molecule has 3 heterocycles. The van der Waals surface area contributed by atoms with Crippen molar-refractivity contribution >= 4 is 5.96 Å². The maximum atomic E-state index is 4.23. The average molecular weight is 239 g/mol. The fourth-order valence-electron chi connectivity index (χ4n) is 2.60. The van der Waals surface area contributed by atoms with E-state index in [1.165, 1.54) is 32.7 Å². The van der Waals surface area contributed by atoms with Crippen molar-refractivity contribution < 1.29 is 0 Å². The van der Waals surface area contributed by atoms with Gasteiger partial charge >= 0.3 is 0 Å². The van der Waals surface area contributed by atoms with Crippen LogP contribution in [0.25, 0.3) is 0 Å². The van der Waals surface area contributed by atoms with Gasteiger partial charge in [-0.3, -0.25) is 14.8 Å². The van der Waals surface area contributed by atoms with Gasteiger partial charge in [0.25, 0.3) is 0 Å². The van der Waals surface area contributed by atoms with Crippen LogP contribution in [0, 0.1) is 0 Å². The summed E-state index contributed by atoms with van der Waals surface area (Å²) in [5.74, 6) is 0.935. The van der Waals surface area contributed by atoms with E-state index in [2.05, 4.69) is 32.3 Å². The van der Waals surface area contributed by atoms with Crippen molar-refractivity contribution in [3.63, 3.8) is 0 Å². The van der Waals surface area contributed by atoms with Crippen molar-refractivity contribution in [3.05, 3.63) is 0 Å². The fourth-order valence-corrected chi connectivity index (χ4v) is 2.60. The number of hydrogen-bond donors (Lipinski definition) is 2. The number of guanidine groups is 1. The van der Waals surface area contributed by atoms with Gasteiger partial charge in [0.2, 0.25) is 0 Å². The van der Waals surface area contributed by atoms with Gasteiger partial charge in [-0.05, 0) is 6.42 Å². The number of hydrogen-bond acceptors (Lipinski definition) is 3. The van der Waals surface area contributed by atoms with Gasteiger partial charge in [0.05, 0.1) is 0 Å². The highest BCUT2D eigenvalue weighted by Gasteiger charge is 2.31. The Morgan fingerprint density at radius 1 is 1.24 bits per heavy atom. The quantitative estimate of drug-likeness (QED) is 0.516. The SMILES string of the molecule is CCCNC(=NC)NCC1CN2CCN1CC2. The summed E-state index contributed by atoms with van der Waals surface area (Å²) in [4.78, 5) is 9.40. The molecule has 2 bridgehead atoms. The standard InChI is InChI=1S/C12H25N5/c1-3-4-14-12(13-2)15-9-11-10-16-5-7-17(11)8-6-16/h11H,3-10H2,1-2H3,(H2,13,14,15). The third-order valence-electron chi connectivity index (χ3n) is 3.66. The van der Waals surface area contributed by atoms with E-state index in [0.717, 1.165) is 25.5 Å². The summed E-state index contributed by atoms with van der Waals surface area (Å²) in [6.07, 6.45) is 1.13. The zero-order valence-corrected chi connectivity index (χ0v) is 11.1. The lowest BCUT2D eigenvalue weighted by molar-refractivity contribution is 0.0154. The first-order valence-corrected chi connectivity index (χ1v) is 6.74. The van der Waals surface area contributed by atoms with Crippen molar-refractivity contribution in [2.75, 3.05) is 52.9 Å². The number of rotatable bonds is 4. The average Bonchev–Trinajstić information content (AvgIpc) is 2.40. The molecule has 98 valence electrons. The Balaban J connectivity index is 1.74. The predicted octanol–water partition coefficient (Wildman–Crippen LogP) is -0.439. The largest absolute Gasteiger partial charge is 0.356 e. The summed E-state index contributed by atoms with van der Waals surface area (Å²) in [7, 11) is 1.84. The summed E-state index contributed by atoms with van der Waals surface area (Å²) in [6, 6.07) is 0.651. The van der Waals surface area contributed by atoms with Crippen LogP contribution in [-0.2, 0) is 0 Å². The summed E-state index contributed by atoms with van der Waals surface area (Å²) in [5.41, 5.74) is 0.